The molecule has 20 heavy (non-hydrogen) atoms. The summed E-state index contributed by atoms with van der Waals surface area (Å²) in [6.45, 7) is 2.96. The maximum Gasteiger partial charge on any atom is 0.0992 e. The molecule has 0 fully saturated rings. The Morgan fingerprint density at radius 2 is 2.00 bits per heavy atom. The van der Waals surface area contributed by atoms with Gasteiger partial charge in [-0.25, -0.2) is 0 Å². The fourth-order valence-corrected chi connectivity index (χ4v) is 2.23. The molecule has 3 nitrogen and oxygen atoms in total. The van der Waals surface area contributed by atoms with Crippen LogP contribution in [0.1, 0.15) is 16.7 Å². The monoisotopic (exact) mass is 265 g/mol. The quantitative estimate of drug-likeness (QED) is 0.864. The van der Waals surface area contributed by atoms with Gasteiger partial charge in [-0.15, -0.1) is 0 Å². The zero-order valence-electron chi connectivity index (χ0n) is 11.9. The number of nitrogens with zero attached hydrogens (tertiary/aromatic N) is 2. The molecule has 0 saturated carbocycles. The van der Waals surface area contributed by atoms with E-state index in [1.165, 1.54) is 11.1 Å². The van der Waals surface area contributed by atoms with Gasteiger partial charge in [0.25, 0.3) is 0 Å². The predicted molar refractivity (Wildman–Crippen MR) is 83.7 cm³/mol. The van der Waals surface area contributed by atoms with E-state index in [2.05, 4.69) is 42.2 Å². The van der Waals surface area contributed by atoms with Crippen LogP contribution in [-0.4, -0.2) is 13.6 Å². The van der Waals surface area contributed by atoms with E-state index in [-0.39, 0.29) is 0 Å². The Morgan fingerprint density at radius 3 is 2.70 bits per heavy atom. The van der Waals surface area contributed by atoms with E-state index in [0.717, 1.165) is 18.7 Å². The van der Waals surface area contributed by atoms with Gasteiger partial charge in [0.05, 0.1) is 23.0 Å². The Morgan fingerprint density at radius 1 is 1.20 bits per heavy atom. The topological polar surface area (TPSA) is 53.0 Å². The fraction of sp³-hybridized carbons (Fsp3) is 0.235. The summed E-state index contributed by atoms with van der Waals surface area (Å²) in [6, 6.07) is 16.0. The lowest BCUT2D eigenvalue weighted by atomic mass is 10.1. The fourth-order valence-electron chi connectivity index (χ4n) is 2.23. The lowest BCUT2D eigenvalue weighted by Gasteiger charge is -2.21. The first-order valence-electron chi connectivity index (χ1n) is 6.66. The number of anilines is 2. The maximum absolute atomic E-state index is 8.96. The van der Waals surface area contributed by atoms with E-state index in [4.69, 9.17) is 11.0 Å². The lowest BCUT2D eigenvalue weighted by molar-refractivity contribution is 0.877. The molecule has 0 unspecified atom stereocenters. The second kappa shape index (κ2) is 6.12. The molecule has 2 aromatic rings. The number of nitriles is 1. The molecule has 2 aromatic carbocycles. The summed E-state index contributed by atoms with van der Waals surface area (Å²) < 4.78 is 0. The molecule has 102 valence electrons. The predicted octanol–water partition coefficient (Wildman–Crippen LogP) is 3.13. The first-order valence-corrected chi connectivity index (χ1v) is 6.66. The minimum absolute atomic E-state index is 0.636. The Balaban J connectivity index is 2.09. The van der Waals surface area contributed by atoms with Crippen LogP contribution >= 0.6 is 0 Å². The average Bonchev–Trinajstić information content (AvgIpc) is 2.45. The van der Waals surface area contributed by atoms with E-state index in [0.29, 0.717) is 11.3 Å². The van der Waals surface area contributed by atoms with Crippen LogP contribution < -0.4 is 10.6 Å². The van der Waals surface area contributed by atoms with Crippen LogP contribution in [0.25, 0.3) is 0 Å². The van der Waals surface area contributed by atoms with Gasteiger partial charge in [0.15, 0.2) is 0 Å². The van der Waals surface area contributed by atoms with E-state index in [1.807, 2.05) is 13.1 Å². The summed E-state index contributed by atoms with van der Waals surface area (Å²) in [4.78, 5) is 2.10. The van der Waals surface area contributed by atoms with Crippen LogP contribution in [0, 0.1) is 18.3 Å². The van der Waals surface area contributed by atoms with Crippen molar-refractivity contribution in [3.8, 4) is 6.07 Å². The summed E-state index contributed by atoms with van der Waals surface area (Å²) in [5.74, 6) is 0. The molecular weight excluding hydrogens is 246 g/mol. The third-order valence-corrected chi connectivity index (χ3v) is 3.39. The second-order valence-corrected chi connectivity index (χ2v) is 5.05. The summed E-state index contributed by atoms with van der Waals surface area (Å²) in [7, 11) is 2.00. The van der Waals surface area contributed by atoms with Gasteiger partial charge < -0.3 is 10.6 Å². The van der Waals surface area contributed by atoms with Gasteiger partial charge in [-0.2, -0.15) is 5.26 Å². The highest BCUT2D eigenvalue weighted by Gasteiger charge is 2.07. The van der Waals surface area contributed by atoms with Crippen molar-refractivity contribution in [3.63, 3.8) is 0 Å². The Hall–Kier alpha value is -2.47. The zero-order valence-corrected chi connectivity index (χ0v) is 11.9. The molecule has 0 atom stereocenters. The van der Waals surface area contributed by atoms with Crippen molar-refractivity contribution in [3.05, 3.63) is 59.2 Å². The van der Waals surface area contributed by atoms with Gasteiger partial charge in [-0.05, 0) is 37.1 Å². The molecule has 0 aromatic heterocycles. The van der Waals surface area contributed by atoms with Crippen molar-refractivity contribution < 1.29 is 0 Å². The van der Waals surface area contributed by atoms with Crippen molar-refractivity contribution in [2.45, 2.75) is 13.3 Å². The number of hydrogen-bond acceptors (Lipinski definition) is 3. The molecule has 0 radical (unpaired) electrons. The van der Waals surface area contributed by atoms with Crippen LogP contribution in [0.15, 0.2) is 42.5 Å². The van der Waals surface area contributed by atoms with Crippen LogP contribution in [0.2, 0.25) is 0 Å². The average molecular weight is 265 g/mol. The molecule has 0 spiro atoms. The van der Waals surface area contributed by atoms with E-state index in [9.17, 15) is 0 Å². The highest BCUT2D eigenvalue weighted by molar-refractivity contribution is 5.69. The molecule has 0 aliphatic carbocycles. The van der Waals surface area contributed by atoms with Crippen molar-refractivity contribution in [1.29, 1.82) is 5.26 Å². The van der Waals surface area contributed by atoms with Gasteiger partial charge in [0.2, 0.25) is 0 Å². The third-order valence-electron chi connectivity index (χ3n) is 3.39. The summed E-state index contributed by atoms with van der Waals surface area (Å²) in [5.41, 5.74) is 10.8. The van der Waals surface area contributed by atoms with E-state index < -0.39 is 0 Å². The molecule has 0 saturated heterocycles. The molecule has 2 rings (SSSR count). The zero-order chi connectivity index (χ0) is 14.5. The molecule has 0 amide bonds. The molecule has 0 aliphatic heterocycles. The van der Waals surface area contributed by atoms with E-state index >= 15 is 0 Å². The standard InChI is InChI=1S/C17H19N3/c1-13-4-3-5-14(10-13)8-9-20(2)17-11-15(12-18)6-7-16(17)19/h3-7,10-11H,8-9,19H2,1-2H3. The highest BCUT2D eigenvalue weighted by Crippen LogP contribution is 2.23. The van der Waals surface area contributed by atoms with Crippen LogP contribution in [0.3, 0.4) is 0 Å². The first-order chi connectivity index (χ1) is 9.60. The minimum atomic E-state index is 0.636. The Labute approximate surface area is 120 Å². The molecular formula is C17H19N3. The first kappa shape index (κ1) is 14.0. The third kappa shape index (κ3) is 3.30. The number of nitrogens with two attached hydrogens (primary N) is 1. The van der Waals surface area contributed by atoms with Crippen molar-refractivity contribution in [1.82, 2.24) is 0 Å². The van der Waals surface area contributed by atoms with Crippen LogP contribution in [0.4, 0.5) is 11.4 Å². The lowest BCUT2D eigenvalue weighted by Crippen LogP contribution is -2.21. The number of benzene rings is 2. The Bertz CT molecular complexity index is 641. The van der Waals surface area contributed by atoms with Gasteiger partial charge >= 0.3 is 0 Å². The number of hydrogen-bond donors (Lipinski definition) is 1. The maximum atomic E-state index is 8.96. The van der Waals surface area contributed by atoms with Gasteiger partial charge in [-0.1, -0.05) is 29.8 Å². The molecule has 0 heterocycles. The smallest absolute Gasteiger partial charge is 0.0992 e. The highest BCUT2D eigenvalue weighted by atomic mass is 15.1. The Kier molecular flexibility index (Phi) is 4.27. The van der Waals surface area contributed by atoms with E-state index in [1.54, 1.807) is 12.1 Å². The van der Waals surface area contributed by atoms with Gasteiger partial charge in [0, 0.05) is 13.6 Å². The summed E-state index contributed by atoms with van der Waals surface area (Å²) in [5, 5.41) is 8.96. The van der Waals surface area contributed by atoms with Crippen molar-refractivity contribution in [2.24, 2.45) is 0 Å². The van der Waals surface area contributed by atoms with Gasteiger partial charge in [-0.3, -0.25) is 0 Å². The van der Waals surface area contributed by atoms with Crippen molar-refractivity contribution >= 4 is 11.4 Å². The number of aryl methyl sites for hydroxylation is 1. The molecule has 0 aliphatic rings. The number of nitrogen functional groups attached to an aromatic ring is 1. The normalized spacial score (nSPS) is 10.1. The van der Waals surface area contributed by atoms with Gasteiger partial charge in [0.1, 0.15) is 0 Å². The number of rotatable bonds is 4. The number of likely N-dealkylation sites (N-methyl/N-ethyl adjacent to an activating group) is 1. The molecule has 2 N–H and O–H groups in total. The summed E-state index contributed by atoms with van der Waals surface area (Å²) in [6.07, 6.45) is 0.953. The van der Waals surface area contributed by atoms with Crippen molar-refractivity contribution in [2.75, 3.05) is 24.2 Å². The largest absolute Gasteiger partial charge is 0.397 e. The van der Waals surface area contributed by atoms with Crippen LogP contribution in [-0.2, 0) is 6.42 Å². The second-order valence-electron chi connectivity index (χ2n) is 5.05. The van der Waals surface area contributed by atoms with Crippen LogP contribution in [0.5, 0.6) is 0 Å². The summed E-state index contributed by atoms with van der Waals surface area (Å²) >= 11 is 0. The molecule has 3 heteroatoms. The minimum Gasteiger partial charge on any atom is -0.397 e. The molecule has 0 bridgehead atoms. The SMILES string of the molecule is Cc1cccc(CCN(C)c2cc(C#N)ccc2N)c1.